The van der Waals surface area contributed by atoms with Gasteiger partial charge in [-0.25, -0.2) is 0 Å². The second-order valence-electron chi connectivity index (χ2n) is 6.18. The van der Waals surface area contributed by atoms with E-state index in [0.29, 0.717) is 33.3 Å². The van der Waals surface area contributed by atoms with Crippen LogP contribution < -0.4 is 20.7 Å². The zero-order chi connectivity index (χ0) is 21.5. The molecule has 0 aliphatic rings. The van der Waals surface area contributed by atoms with Crippen LogP contribution in [-0.2, 0) is 0 Å². The lowest BCUT2D eigenvalue weighted by Crippen LogP contribution is -2.34. The van der Waals surface area contributed by atoms with Crippen molar-refractivity contribution in [2.24, 2.45) is 0 Å². The lowest BCUT2D eigenvalue weighted by atomic mass is 10.2. The topological polar surface area (TPSA) is 79.5 Å². The maximum Gasteiger partial charge on any atom is 0.257 e. The first-order valence-corrected chi connectivity index (χ1v) is 9.66. The van der Waals surface area contributed by atoms with E-state index in [9.17, 15) is 9.59 Å². The van der Waals surface area contributed by atoms with Crippen molar-refractivity contribution >= 4 is 52.1 Å². The summed E-state index contributed by atoms with van der Waals surface area (Å²) in [5, 5.41) is 8.93. The molecule has 0 bridgehead atoms. The first kappa shape index (κ1) is 21.3. The first-order chi connectivity index (χ1) is 14.4. The molecule has 2 amide bonds. The third-order valence-electron chi connectivity index (χ3n) is 4.04. The molecule has 0 fully saturated rings. The van der Waals surface area contributed by atoms with Gasteiger partial charge in [0, 0.05) is 27.5 Å². The number of thiocarbonyl (C=S) groups is 1. The summed E-state index contributed by atoms with van der Waals surface area (Å²) < 4.78 is 5.07. The number of hydrogen-bond donors (Lipinski definition) is 3. The number of ether oxygens (including phenoxy) is 1. The summed E-state index contributed by atoms with van der Waals surface area (Å²) in [6.07, 6.45) is 0. The zero-order valence-corrected chi connectivity index (χ0v) is 17.5. The average molecular weight is 440 g/mol. The molecule has 0 aromatic heterocycles. The van der Waals surface area contributed by atoms with Gasteiger partial charge in [0.25, 0.3) is 11.8 Å². The van der Waals surface area contributed by atoms with Gasteiger partial charge < -0.3 is 15.4 Å². The van der Waals surface area contributed by atoms with E-state index in [1.54, 1.807) is 79.9 Å². The molecule has 0 radical (unpaired) electrons. The number of halogens is 1. The highest BCUT2D eigenvalue weighted by Crippen LogP contribution is 2.17. The molecular weight excluding hydrogens is 422 g/mol. The van der Waals surface area contributed by atoms with E-state index in [1.807, 2.05) is 0 Å². The van der Waals surface area contributed by atoms with Gasteiger partial charge in [0.15, 0.2) is 5.11 Å². The number of benzene rings is 3. The quantitative estimate of drug-likeness (QED) is 0.501. The monoisotopic (exact) mass is 439 g/mol. The van der Waals surface area contributed by atoms with E-state index >= 15 is 0 Å². The molecule has 0 unspecified atom stereocenters. The molecule has 6 nitrogen and oxygen atoms in total. The van der Waals surface area contributed by atoms with Crippen LogP contribution in [0, 0.1) is 0 Å². The lowest BCUT2D eigenvalue weighted by Gasteiger charge is -2.11. The standard InChI is InChI=1S/C22H18ClN3O3S/c1-29-19-10-8-14(9-11-19)20(27)26-22(30)25-17-6-2-4-15(12-17)21(28)24-18-7-3-5-16(23)13-18/h2-13H,1H3,(H,24,28)(H2,25,26,27,30). The van der Waals surface area contributed by atoms with Crippen molar-refractivity contribution in [2.75, 3.05) is 17.7 Å². The van der Waals surface area contributed by atoms with Gasteiger partial charge >= 0.3 is 0 Å². The Morgan fingerprint density at radius 3 is 2.17 bits per heavy atom. The summed E-state index contributed by atoms with van der Waals surface area (Å²) in [5.41, 5.74) is 2.01. The Morgan fingerprint density at radius 1 is 0.833 bits per heavy atom. The molecule has 0 saturated carbocycles. The number of methoxy groups -OCH3 is 1. The highest BCUT2D eigenvalue weighted by atomic mass is 35.5. The van der Waals surface area contributed by atoms with Crippen LogP contribution in [0.15, 0.2) is 72.8 Å². The molecule has 0 aliphatic carbocycles. The largest absolute Gasteiger partial charge is 0.497 e. The van der Waals surface area contributed by atoms with E-state index in [4.69, 9.17) is 28.6 Å². The average Bonchev–Trinajstić information content (AvgIpc) is 2.74. The summed E-state index contributed by atoms with van der Waals surface area (Å²) >= 11 is 11.1. The highest BCUT2D eigenvalue weighted by molar-refractivity contribution is 7.80. The normalized spacial score (nSPS) is 10.1. The van der Waals surface area contributed by atoms with Crippen LogP contribution in [0.4, 0.5) is 11.4 Å². The number of hydrogen-bond acceptors (Lipinski definition) is 4. The summed E-state index contributed by atoms with van der Waals surface area (Å²) in [7, 11) is 1.55. The van der Waals surface area contributed by atoms with Gasteiger partial charge in [0.05, 0.1) is 7.11 Å². The summed E-state index contributed by atoms with van der Waals surface area (Å²) in [5.74, 6) is -0.000715. The number of carbonyl (C=O) groups excluding carboxylic acids is 2. The van der Waals surface area contributed by atoms with Gasteiger partial charge in [-0.05, 0) is 72.9 Å². The first-order valence-electron chi connectivity index (χ1n) is 8.88. The summed E-state index contributed by atoms with van der Waals surface area (Å²) in [6, 6.07) is 20.3. The van der Waals surface area contributed by atoms with Gasteiger partial charge in [-0.2, -0.15) is 0 Å². The van der Waals surface area contributed by atoms with Crippen LogP contribution in [0.1, 0.15) is 20.7 Å². The zero-order valence-electron chi connectivity index (χ0n) is 15.9. The third-order valence-corrected chi connectivity index (χ3v) is 4.48. The Balaban J connectivity index is 1.61. The van der Waals surface area contributed by atoms with E-state index < -0.39 is 0 Å². The van der Waals surface area contributed by atoms with E-state index in [1.165, 1.54) is 0 Å². The fourth-order valence-corrected chi connectivity index (χ4v) is 2.99. The Kier molecular flexibility index (Phi) is 7.00. The molecule has 3 rings (SSSR count). The van der Waals surface area contributed by atoms with Gasteiger partial charge in [0.2, 0.25) is 0 Å². The molecule has 0 aliphatic heterocycles. The number of nitrogens with one attached hydrogen (secondary N) is 3. The molecule has 152 valence electrons. The minimum absolute atomic E-state index is 0.114. The van der Waals surface area contributed by atoms with Crippen molar-refractivity contribution in [1.82, 2.24) is 5.32 Å². The van der Waals surface area contributed by atoms with Gasteiger partial charge in [-0.1, -0.05) is 23.7 Å². The van der Waals surface area contributed by atoms with Crippen LogP contribution in [0.25, 0.3) is 0 Å². The second-order valence-corrected chi connectivity index (χ2v) is 7.03. The molecule has 0 spiro atoms. The minimum atomic E-state index is -0.356. The van der Waals surface area contributed by atoms with Crippen molar-refractivity contribution in [3.63, 3.8) is 0 Å². The molecule has 30 heavy (non-hydrogen) atoms. The fraction of sp³-hybridized carbons (Fsp3) is 0.0455. The molecule has 8 heteroatoms. The number of amides is 2. The summed E-state index contributed by atoms with van der Waals surface area (Å²) in [4.78, 5) is 24.8. The number of anilines is 2. The van der Waals surface area contributed by atoms with Crippen LogP contribution in [-0.4, -0.2) is 24.0 Å². The van der Waals surface area contributed by atoms with Gasteiger partial charge in [-0.15, -0.1) is 0 Å². The highest BCUT2D eigenvalue weighted by Gasteiger charge is 2.10. The molecule has 3 aromatic carbocycles. The van der Waals surface area contributed by atoms with Crippen molar-refractivity contribution < 1.29 is 14.3 Å². The van der Waals surface area contributed by atoms with Crippen LogP contribution in [0.3, 0.4) is 0 Å². The van der Waals surface area contributed by atoms with Crippen molar-refractivity contribution in [2.45, 2.75) is 0 Å². The molecule has 3 aromatic rings. The second kappa shape index (κ2) is 9.87. The Hall–Kier alpha value is -3.42. The number of carbonyl (C=O) groups is 2. The minimum Gasteiger partial charge on any atom is -0.497 e. The fourth-order valence-electron chi connectivity index (χ4n) is 2.59. The van der Waals surface area contributed by atoms with Crippen molar-refractivity contribution in [1.29, 1.82) is 0 Å². The third kappa shape index (κ3) is 5.79. The van der Waals surface area contributed by atoms with Crippen molar-refractivity contribution in [3.05, 3.63) is 88.9 Å². The molecule has 0 atom stereocenters. The van der Waals surface area contributed by atoms with Crippen LogP contribution in [0.5, 0.6) is 5.75 Å². The van der Waals surface area contributed by atoms with Gasteiger partial charge in [-0.3, -0.25) is 14.9 Å². The van der Waals surface area contributed by atoms with Gasteiger partial charge in [0.1, 0.15) is 5.75 Å². The SMILES string of the molecule is COc1ccc(C(=O)NC(=S)Nc2cccc(C(=O)Nc3cccc(Cl)c3)c2)cc1. The molecule has 0 heterocycles. The van der Waals surface area contributed by atoms with Crippen LogP contribution in [0.2, 0.25) is 5.02 Å². The predicted octanol–water partition coefficient (Wildman–Crippen LogP) is 4.73. The Bertz CT molecular complexity index is 1090. The smallest absolute Gasteiger partial charge is 0.257 e. The lowest BCUT2D eigenvalue weighted by molar-refractivity contribution is 0.0976. The van der Waals surface area contributed by atoms with Crippen molar-refractivity contribution in [3.8, 4) is 5.75 Å². The van der Waals surface area contributed by atoms with E-state index in [2.05, 4.69) is 16.0 Å². The maximum absolute atomic E-state index is 12.5. The Labute approximate surface area is 184 Å². The molecule has 0 saturated heterocycles. The van der Waals surface area contributed by atoms with Crippen LogP contribution >= 0.6 is 23.8 Å². The molecule has 3 N–H and O–H groups in total. The predicted molar refractivity (Wildman–Crippen MR) is 123 cm³/mol. The number of rotatable bonds is 5. The van der Waals surface area contributed by atoms with E-state index in [-0.39, 0.29) is 16.9 Å². The maximum atomic E-state index is 12.5. The summed E-state index contributed by atoms with van der Waals surface area (Å²) in [6.45, 7) is 0. The Morgan fingerprint density at radius 2 is 1.50 bits per heavy atom. The molecular formula is C22H18ClN3O3S. The van der Waals surface area contributed by atoms with E-state index in [0.717, 1.165) is 0 Å².